The molecule has 1 aromatic carbocycles. The number of benzene rings is 1. The Morgan fingerprint density at radius 2 is 2.10 bits per heavy atom. The van der Waals surface area contributed by atoms with E-state index < -0.39 is 10.0 Å². The van der Waals surface area contributed by atoms with Crippen molar-refractivity contribution in [1.82, 2.24) is 10.0 Å². The maximum atomic E-state index is 12.1. The lowest BCUT2D eigenvalue weighted by atomic mass is 10.0. The number of carbonyl (C=O) groups is 1. The van der Waals surface area contributed by atoms with Crippen LogP contribution in [0.3, 0.4) is 0 Å². The predicted molar refractivity (Wildman–Crippen MR) is 82.3 cm³/mol. The molecule has 4 N–H and O–H groups in total. The zero-order valence-corrected chi connectivity index (χ0v) is 12.9. The van der Waals surface area contributed by atoms with E-state index >= 15 is 0 Å². The number of rotatable bonds is 5. The van der Waals surface area contributed by atoms with Crippen molar-refractivity contribution in [2.75, 3.05) is 25.9 Å². The van der Waals surface area contributed by atoms with E-state index in [2.05, 4.69) is 21.9 Å². The zero-order valence-electron chi connectivity index (χ0n) is 12.1. The lowest BCUT2D eigenvalue weighted by Crippen LogP contribution is -2.33. The van der Waals surface area contributed by atoms with Crippen molar-refractivity contribution in [2.45, 2.75) is 6.92 Å². The molecule has 0 unspecified atom stereocenters. The first-order valence-corrected chi connectivity index (χ1v) is 8.04. The number of aryl methyl sites for hydroxylation is 1. The summed E-state index contributed by atoms with van der Waals surface area (Å²) in [6.45, 7) is 2.09. The fourth-order valence-electron chi connectivity index (χ4n) is 1.59. The average Bonchev–Trinajstić information content (AvgIpc) is 2.46. The summed E-state index contributed by atoms with van der Waals surface area (Å²) in [4.78, 5) is 12.1. The van der Waals surface area contributed by atoms with Gasteiger partial charge in [0.25, 0.3) is 5.91 Å². The number of carbonyl (C=O) groups excluding carboxylic acids is 1. The highest BCUT2D eigenvalue weighted by atomic mass is 32.2. The average molecular weight is 309 g/mol. The maximum absolute atomic E-state index is 12.1. The molecule has 6 nitrogen and oxygen atoms in total. The van der Waals surface area contributed by atoms with E-state index in [-0.39, 0.29) is 24.7 Å². The quantitative estimate of drug-likeness (QED) is 0.643. The molecule has 0 heterocycles. The van der Waals surface area contributed by atoms with E-state index in [0.717, 1.165) is 5.56 Å². The SMILES string of the molecule is CNS(=O)(=O)CCNC(=O)c1cc(C#CCN)ccc1C. The van der Waals surface area contributed by atoms with Crippen LogP contribution in [0, 0.1) is 18.8 Å². The lowest BCUT2D eigenvalue weighted by Gasteiger charge is -2.08. The van der Waals surface area contributed by atoms with Crippen molar-refractivity contribution in [3.05, 3.63) is 34.9 Å². The Bertz CT molecular complexity index is 672. The summed E-state index contributed by atoms with van der Waals surface area (Å²) in [6, 6.07) is 5.26. The molecule has 0 saturated heterocycles. The van der Waals surface area contributed by atoms with Crippen LogP contribution < -0.4 is 15.8 Å². The van der Waals surface area contributed by atoms with Crippen molar-refractivity contribution in [1.29, 1.82) is 0 Å². The van der Waals surface area contributed by atoms with Gasteiger partial charge in [0.15, 0.2) is 0 Å². The Kier molecular flexibility index (Phi) is 6.37. The summed E-state index contributed by atoms with van der Waals surface area (Å²) in [7, 11) is -1.99. The Morgan fingerprint density at radius 3 is 2.71 bits per heavy atom. The summed E-state index contributed by atoms with van der Waals surface area (Å²) in [5.41, 5.74) is 7.27. The molecule has 0 fully saturated rings. The Morgan fingerprint density at radius 1 is 1.38 bits per heavy atom. The van der Waals surface area contributed by atoms with Gasteiger partial charge in [-0.05, 0) is 31.7 Å². The third-order valence-corrected chi connectivity index (χ3v) is 4.15. The minimum absolute atomic E-state index is 0.0418. The third-order valence-electron chi connectivity index (χ3n) is 2.78. The topological polar surface area (TPSA) is 101 Å². The fraction of sp³-hybridized carbons (Fsp3) is 0.357. The van der Waals surface area contributed by atoms with Crippen molar-refractivity contribution >= 4 is 15.9 Å². The second-order valence-corrected chi connectivity index (χ2v) is 6.36. The summed E-state index contributed by atoms with van der Waals surface area (Å²) >= 11 is 0. The van der Waals surface area contributed by atoms with E-state index in [4.69, 9.17) is 5.73 Å². The van der Waals surface area contributed by atoms with Gasteiger partial charge in [-0.15, -0.1) is 0 Å². The highest BCUT2D eigenvalue weighted by Crippen LogP contribution is 2.10. The van der Waals surface area contributed by atoms with E-state index in [1.54, 1.807) is 25.1 Å². The Balaban J connectivity index is 2.78. The Hall–Kier alpha value is -1.88. The molecule has 0 aliphatic carbocycles. The van der Waals surface area contributed by atoms with Gasteiger partial charge in [0, 0.05) is 17.7 Å². The maximum Gasteiger partial charge on any atom is 0.251 e. The Labute approximate surface area is 125 Å². The minimum atomic E-state index is -3.33. The van der Waals surface area contributed by atoms with Crippen molar-refractivity contribution in [2.24, 2.45) is 5.73 Å². The molecule has 0 aromatic heterocycles. The fourth-order valence-corrected chi connectivity index (χ4v) is 2.17. The van der Waals surface area contributed by atoms with E-state index in [1.165, 1.54) is 7.05 Å². The summed E-state index contributed by atoms with van der Waals surface area (Å²) < 4.78 is 24.7. The van der Waals surface area contributed by atoms with E-state index in [0.29, 0.717) is 11.1 Å². The van der Waals surface area contributed by atoms with Crippen LogP contribution in [-0.4, -0.2) is 40.2 Å². The first-order chi connectivity index (χ1) is 9.89. The lowest BCUT2D eigenvalue weighted by molar-refractivity contribution is 0.0955. The van der Waals surface area contributed by atoms with Gasteiger partial charge in [-0.3, -0.25) is 4.79 Å². The number of amides is 1. The van der Waals surface area contributed by atoms with Gasteiger partial charge in [0.2, 0.25) is 10.0 Å². The monoisotopic (exact) mass is 309 g/mol. The van der Waals surface area contributed by atoms with Gasteiger partial charge in [0.05, 0.1) is 12.3 Å². The van der Waals surface area contributed by atoms with Crippen LogP contribution in [0.25, 0.3) is 0 Å². The summed E-state index contributed by atoms with van der Waals surface area (Å²) in [5, 5.41) is 2.58. The van der Waals surface area contributed by atoms with Crippen LogP contribution in [0.5, 0.6) is 0 Å². The molecule has 1 amide bonds. The van der Waals surface area contributed by atoms with E-state index in [9.17, 15) is 13.2 Å². The van der Waals surface area contributed by atoms with Crippen LogP contribution in [0.1, 0.15) is 21.5 Å². The van der Waals surface area contributed by atoms with Gasteiger partial charge < -0.3 is 11.1 Å². The summed E-state index contributed by atoms with van der Waals surface area (Å²) in [6.07, 6.45) is 0. The van der Waals surface area contributed by atoms with Gasteiger partial charge in [-0.2, -0.15) is 0 Å². The van der Waals surface area contributed by atoms with Crippen molar-refractivity contribution in [3.63, 3.8) is 0 Å². The third kappa shape index (κ3) is 5.55. The molecule has 0 atom stereocenters. The van der Waals surface area contributed by atoms with E-state index in [1.807, 2.05) is 0 Å². The van der Waals surface area contributed by atoms with Gasteiger partial charge in [-0.25, -0.2) is 13.1 Å². The minimum Gasteiger partial charge on any atom is -0.351 e. The van der Waals surface area contributed by atoms with Crippen molar-refractivity contribution < 1.29 is 13.2 Å². The smallest absolute Gasteiger partial charge is 0.251 e. The van der Waals surface area contributed by atoms with Crippen LogP contribution in [0.2, 0.25) is 0 Å². The molecular weight excluding hydrogens is 290 g/mol. The molecule has 7 heteroatoms. The standard InChI is InChI=1S/C14H19N3O3S/c1-11-5-6-12(4-3-7-15)10-13(11)14(18)17-8-9-21(19,20)16-2/h5-6,10,16H,7-9,15H2,1-2H3,(H,17,18). The van der Waals surface area contributed by atoms with Gasteiger partial charge in [-0.1, -0.05) is 17.9 Å². The first kappa shape index (κ1) is 17.2. The van der Waals surface area contributed by atoms with Gasteiger partial charge >= 0.3 is 0 Å². The predicted octanol–water partition coefficient (Wildman–Crippen LogP) is -0.416. The molecule has 1 aromatic rings. The molecule has 1 rings (SSSR count). The van der Waals surface area contributed by atoms with Crippen LogP contribution in [0.4, 0.5) is 0 Å². The highest BCUT2D eigenvalue weighted by molar-refractivity contribution is 7.89. The van der Waals surface area contributed by atoms with Gasteiger partial charge in [0.1, 0.15) is 0 Å². The molecule has 21 heavy (non-hydrogen) atoms. The van der Waals surface area contributed by atoms with Crippen LogP contribution in [-0.2, 0) is 10.0 Å². The zero-order chi connectivity index (χ0) is 15.9. The number of hydrogen-bond acceptors (Lipinski definition) is 4. The molecular formula is C14H19N3O3S. The summed E-state index contributed by atoms with van der Waals surface area (Å²) in [5.74, 6) is 5.09. The first-order valence-electron chi connectivity index (χ1n) is 6.38. The molecule has 0 radical (unpaired) electrons. The molecule has 0 aliphatic heterocycles. The number of sulfonamides is 1. The molecule has 0 aliphatic rings. The number of nitrogens with two attached hydrogens (primary N) is 1. The normalized spacial score (nSPS) is 10.6. The van der Waals surface area contributed by atoms with Crippen LogP contribution in [0.15, 0.2) is 18.2 Å². The molecule has 0 saturated carbocycles. The number of nitrogens with one attached hydrogen (secondary N) is 2. The largest absolute Gasteiger partial charge is 0.351 e. The second kappa shape index (κ2) is 7.78. The van der Waals surface area contributed by atoms with Crippen LogP contribution >= 0.6 is 0 Å². The second-order valence-electron chi connectivity index (χ2n) is 4.31. The molecule has 114 valence electrons. The van der Waals surface area contributed by atoms with Crippen molar-refractivity contribution in [3.8, 4) is 11.8 Å². The molecule has 0 spiro atoms. The number of hydrogen-bond donors (Lipinski definition) is 3. The molecule has 0 bridgehead atoms. The highest BCUT2D eigenvalue weighted by Gasteiger charge is 2.11.